The van der Waals surface area contributed by atoms with Gasteiger partial charge >= 0.3 is 0 Å². The van der Waals surface area contributed by atoms with Crippen molar-refractivity contribution in [3.05, 3.63) is 22.2 Å². The van der Waals surface area contributed by atoms with Gasteiger partial charge in [0.15, 0.2) is 5.78 Å². The van der Waals surface area contributed by atoms with E-state index in [1.165, 1.54) is 11.3 Å². The number of carbonyl (C=O) groups is 3. The number of hydrogen-bond donors (Lipinski definition) is 3. The molecule has 0 atom stereocenters. The summed E-state index contributed by atoms with van der Waals surface area (Å²) in [5, 5.41) is 4.23. The highest BCUT2D eigenvalue weighted by Crippen LogP contribution is 2.32. The first-order valence-electron chi connectivity index (χ1n) is 5.34. The van der Waals surface area contributed by atoms with Gasteiger partial charge in [0.25, 0.3) is 11.8 Å². The van der Waals surface area contributed by atoms with Crippen LogP contribution >= 0.6 is 11.3 Å². The third-order valence-electron chi connectivity index (χ3n) is 2.93. The van der Waals surface area contributed by atoms with E-state index in [9.17, 15) is 14.4 Å². The third-order valence-corrected chi connectivity index (χ3v) is 3.92. The van der Waals surface area contributed by atoms with Crippen molar-refractivity contribution in [2.75, 3.05) is 6.54 Å². The zero-order valence-electron chi connectivity index (χ0n) is 9.20. The van der Waals surface area contributed by atoms with Crippen LogP contribution < -0.4 is 11.1 Å². The quantitative estimate of drug-likeness (QED) is 0.703. The molecule has 2 amide bonds. The monoisotopic (exact) mass is 263 g/mol. The molecule has 2 aromatic heterocycles. The largest absolute Gasteiger partial charge is 0.366 e. The second kappa shape index (κ2) is 3.67. The first-order chi connectivity index (χ1) is 8.59. The van der Waals surface area contributed by atoms with E-state index in [-0.39, 0.29) is 23.8 Å². The molecule has 0 aliphatic carbocycles. The van der Waals surface area contributed by atoms with Crippen molar-refractivity contribution in [3.63, 3.8) is 0 Å². The van der Waals surface area contributed by atoms with Gasteiger partial charge in [0, 0.05) is 18.3 Å². The number of rotatable bonds is 1. The molecular weight excluding hydrogens is 254 g/mol. The van der Waals surface area contributed by atoms with Gasteiger partial charge in [0.1, 0.15) is 5.69 Å². The summed E-state index contributed by atoms with van der Waals surface area (Å²) in [4.78, 5) is 37.9. The fraction of sp³-hybridized carbons (Fsp3) is 0.182. The second-order valence-corrected chi connectivity index (χ2v) is 4.90. The number of aromatic amines is 1. The van der Waals surface area contributed by atoms with E-state index >= 15 is 0 Å². The normalized spacial score (nSPS) is 15.3. The molecule has 0 aromatic carbocycles. The fourth-order valence-electron chi connectivity index (χ4n) is 2.09. The van der Waals surface area contributed by atoms with Crippen molar-refractivity contribution < 1.29 is 14.4 Å². The van der Waals surface area contributed by atoms with Crippen molar-refractivity contribution >= 4 is 39.2 Å². The van der Waals surface area contributed by atoms with Crippen LogP contribution in [0.15, 0.2) is 5.38 Å². The smallest absolute Gasteiger partial charge is 0.268 e. The number of Topliss-reactive ketones (excluding diaryl/α,β-unsaturated/α-hetero) is 1. The Morgan fingerprint density at radius 1 is 1.39 bits per heavy atom. The molecule has 0 unspecified atom stereocenters. The van der Waals surface area contributed by atoms with Gasteiger partial charge in [-0.15, -0.1) is 11.3 Å². The molecule has 2 aromatic rings. The van der Waals surface area contributed by atoms with Crippen LogP contribution in [0.2, 0.25) is 0 Å². The number of nitrogens with two attached hydrogens (primary N) is 1. The molecule has 0 bridgehead atoms. The summed E-state index contributed by atoms with van der Waals surface area (Å²) in [7, 11) is 0. The van der Waals surface area contributed by atoms with Crippen LogP contribution in [0.1, 0.15) is 37.6 Å². The zero-order valence-corrected chi connectivity index (χ0v) is 10.0. The number of hydrogen-bond acceptors (Lipinski definition) is 4. The third kappa shape index (κ3) is 1.37. The number of amides is 2. The summed E-state index contributed by atoms with van der Waals surface area (Å²) in [6.45, 7) is 0.329. The first kappa shape index (κ1) is 11.0. The van der Waals surface area contributed by atoms with Crippen LogP contribution in [0.25, 0.3) is 10.2 Å². The summed E-state index contributed by atoms with van der Waals surface area (Å²) in [5.41, 5.74) is 6.63. The van der Waals surface area contributed by atoms with Crippen molar-refractivity contribution in [1.82, 2.24) is 10.3 Å². The Balaban J connectivity index is 2.34. The second-order valence-electron chi connectivity index (χ2n) is 4.02. The molecule has 0 spiro atoms. The molecule has 18 heavy (non-hydrogen) atoms. The molecule has 4 N–H and O–H groups in total. The molecular formula is C11H9N3O3S. The maximum Gasteiger partial charge on any atom is 0.268 e. The lowest BCUT2D eigenvalue weighted by atomic mass is 10.1. The van der Waals surface area contributed by atoms with Crippen LogP contribution in [0.4, 0.5) is 0 Å². The summed E-state index contributed by atoms with van der Waals surface area (Å²) >= 11 is 1.25. The number of nitrogens with one attached hydrogen (secondary N) is 2. The Hall–Kier alpha value is -2.15. The minimum Gasteiger partial charge on any atom is -0.366 e. The number of carbonyl (C=O) groups excluding carboxylic acids is 3. The molecule has 0 radical (unpaired) electrons. The van der Waals surface area contributed by atoms with E-state index in [0.29, 0.717) is 27.9 Å². The lowest BCUT2D eigenvalue weighted by Gasteiger charge is -1.96. The van der Waals surface area contributed by atoms with E-state index in [2.05, 4.69) is 10.3 Å². The lowest BCUT2D eigenvalue weighted by molar-refractivity contribution is 0.0950. The highest BCUT2D eigenvalue weighted by Gasteiger charge is 2.28. The average Bonchev–Trinajstić information content (AvgIpc) is 2.81. The molecule has 1 aliphatic heterocycles. The molecule has 92 valence electrons. The molecule has 7 heteroatoms. The van der Waals surface area contributed by atoms with E-state index in [1.54, 1.807) is 5.38 Å². The van der Waals surface area contributed by atoms with Gasteiger partial charge in [-0.05, 0) is 0 Å². The van der Waals surface area contributed by atoms with E-state index in [4.69, 9.17) is 5.73 Å². The predicted octanol–water partition coefficient (Wildman–Crippen LogP) is 0.645. The van der Waals surface area contributed by atoms with Gasteiger partial charge in [0.2, 0.25) is 0 Å². The number of thiophene rings is 1. The summed E-state index contributed by atoms with van der Waals surface area (Å²) in [6.07, 6.45) is 0.259. The summed E-state index contributed by atoms with van der Waals surface area (Å²) < 4.78 is 0.626. The Bertz CT molecular complexity index is 698. The summed E-state index contributed by atoms with van der Waals surface area (Å²) in [5.74, 6) is -1.01. The Kier molecular flexibility index (Phi) is 2.24. The predicted molar refractivity (Wildman–Crippen MR) is 66.0 cm³/mol. The Labute approximate surface area is 105 Å². The molecule has 0 fully saturated rings. The van der Waals surface area contributed by atoms with Crippen molar-refractivity contribution in [2.45, 2.75) is 6.42 Å². The van der Waals surface area contributed by atoms with Crippen LogP contribution in [-0.4, -0.2) is 29.1 Å². The van der Waals surface area contributed by atoms with Crippen molar-refractivity contribution in [1.29, 1.82) is 0 Å². The van der Waals surface area contributed by atoms with Crippen molar-refractivity contribution in [3.8, 4) is 0 Å². The van der Waals surface area contributed by atoms with Crippen LogP contribution in [0.3, 0.4) is 0 Å². The highest BCUT2D eigenvalue weighted by molar-refractivity contribution is 7.18. The topological polar surface area (TPSA) is 105 Å². The first-order valence-corrected chi connectivity index (χ1v) is 6.22. The molecule has 6 nitrogen and oxygen atoms in total. The van der Waals surface area contributed by atoms with E-state index in [1.807, 2.05) is 0 Å². The van der Waals surface area contributed by atoms with Gasteiger partial charge in [-0.2, -0.15) is 0 Å². The number of aromatic nitrogens is 1. The van der Waals surface area contributed by atoms with Gasteiger partial charge in [0.05, 0.1) is 21.3 Å². The molecule has 3 rings (SSSR count). The average molecular weight is 263 g/mol. The van der Waals surface area contributed by atoms with E-state index < -0.39 is 5.91 Å². The van der Waals surface area contributed by atoms with Gasteiger partial charge < -0.3 is 16.0 Å². The summed E-state index contributed by atoms with van der Waals surface area (Å²) in [6, 6.07) is 0. The van der Waals surface area contributed by atoms with E-state index in [0.717, 1.165) is 0 Å². The minimum atomic E-state index is -0.578. The van der Waals surface area contributed by atoms with Crippen LogP contribution in [-0.2, 0) is 0 Å². The Morgan fingerprint density at radius 2 is 2.17 bits per heavy atom. The number of H-pyrrole nitrogens is 1. The van der Waals surface area contributed by atoms with Gasteiger partial charge in [-0.1, -0.05) is 0 Å². The molecule has 0 saturated heterocycles. The Morgan fingerprint density at radius 3 is 2.89 bits per heavy atom. The van der Waals surface area contributed by atoms with Crippen LogP contribution in [0.5, 0.6) is 0 Å². The van der Waals surface area contributed by atoms with Crippen LogP contribution in [0, 0.1) is 0 Å². The van der Waals surface area contributed by atoms with Gasteiger partial charge in [-0.3, -0.25) is 14.4 Å². The van der Waals surface area contributed by atoms with Crippen molar-refractivity contribution in [2.24, 2.45) is 5.73 Å². The molecule has 3 heterocycles. The standard InChI is InChI=1S/C11H9N3O3S/c12-10(16)4-3-18-9-6-5(15)1-2-13-11(17)8(6)14-7(4)9/h3,14H,1-2H2,(H2,12,16)(H,13,17). The lowest BCUT2D eigenvalue weighted by Crippen LogP contribution is -2.23. The maximum atomic E-state index is 12.0. The van der Waals surface area contributed by atoms with Gasteiger partial charge in [-0.25, -0.2) is 0 Å². The zero-order chi connectivity index (χ0) is 12.9. The number of ketones is 1. The number of fused-ring (bicyclic) bond motifs is 3. The number of primary amides is 1. The highest BCUT2D eigenvalue weighted by atomic mass is 32.1. The molecule has 1 aliphatic rings. The minimum absolute atomic E-state index is 0.104. The SMILES string of the molecule is NC(=O)c1csc2c3c([nH]c12)C(=O)NCCC3=O. The fourth-order valence-corrected chi connectivity index (χ4v) is 3.17. The maximum absolute atomic E-state index is 12.0. The molecule has 0 saturated carbocycles.